The van der Waals surface area contributed by atoms with Gasteiger partial charge >= 0.3 is 6.36 Å². The van der Waals surface area contributed by atoms with Crippen LogP contribution in [0.4, 0.5) is 13.2 Å². The van der Waals surface area contributed by atoms with E-state index in [1.165, 1.54) is 44.2 Å². The van der Waals surface area contributed by atoms with Crippen molar-refractivity contribution >= 4 is 17.1 Å². The molecule has 1 aromatic heterocycles. The Morgan fingerprint density at radius 2 is 1.86 bits per heavy atom. The molecule has 1 fully saturated rings. The van der Waals surface area contributed by atoms with Gasteiger partial charge in [-0.05, 0) is 61.1 Å². The lowest BCUT2D eigenvalue weighted by atomic mass is 9.89. The van der Waals surface area contributed by atoms with Crippen LogP contribution >= 0.6 is 0 Å². The maximum atomic E-state index is 12.8. The zero-order chi connectivity index (χ0) is 20.4. The van der Waals surface area contributed by atoms with Gasteiger partial charge in [0.2, 0.25) is 0 Å². The van der Waals surface area contributed by atoms with Crippen LogP contribution in [0.3, 0.4) is 0 Å². The summed E-state index contributed by atoms with van der Waals surface area (Å²) in [7, 11) is 0. The standard InChI is InChI=1S/C23H23F3N2O/c1-15-13-17(18-9-5-6-10-20(18)29-23(24,25)26)14-19-22(15)28-21(27-19)12-11-16-7-3-2-4-8-16/h5-6,9-14,16H,2-4,7-8H2,1H3,(H,27,28)/b12-11+. The third-order valence-electron chi connectivity index (χ3n) is 5.40. The third kappa shape index (κ3) is 4.63. The Kier molecular flexibility index (Phi) is 5.35. The number of H-pyrrole nitrogens is 1. The van der Waals surface area contributed by atoms with E-state index in [2.05, 4.69) is 20.8 Å². The second-order valence-electron chi connectivity index (χ2n) is 7.61. The fourth-order valence-corrected chi connectivity index (χ4v) is 4.02. The number of imidazole rings is 1. The minimum absolute atomic E-state index is 0.212. The van der Waals surface area contributed by atoms with E-state index < -0.39 is 6.36 Å². The Balaban J connectivity index is 1.67. The fraction of sp³-hybridized carbons (Fsp3) is 0.348. The van der Waals surface area contributed by atoms with E-state index in [0.717, 1.165) is 22.4 Å². The largest absolute Gasteiger partial charge is 0.573 e. The van der Waals surface area contributed by atoms with Crippen molar-refractivity contribution in [2.24, 2.45) is 5.92 Å². The number of alkyl halides is 3. The predicted octanol–water partition coefficient (Wildman–Crippen LogP) is 7.03. The molecular formula is C23H23F3N2O. The van der Waals surface area contributed by atoms with Gasteiger partial charge in [-0.25, -0.2) is 4.98 Å². The summed E-state index contributed by atoms with van der Waals surface area (Å²) >= 11 is 0. The van der Waals surface area contributed by atoms with Gasteiger partial charge < -0.3 is 9.72 Å². The van der Waals surface area contributed by atoms with Crippen molar-refractivity contribution in [2.45, 2.75) is 45.4 Å². The van der Waals surface area contributed by atoms with Crippen molar-refractivity contribution in [2.75, 3.05) is 0 Å². The number of hydrogen-bond donors (Lipinski definition) is 1. The van der Waals surface area contributed by atoms with E-state index in [0.29, 0.717) is 17.0 Å². The summed E-state index contributed by atoms with van der Waals surface area (Å²) in [5, 5.41) is 0. The monoisotopic (exact) mass is 400 g/mol. The molecule has 0 bridgehead atoms. The maximum Gasteiger partial charge on any atom is 0.573 e. The second-order valence-corrected chi connectivity index (χ2v) is 7.61. The molecule has 1 heterocycles. The van der Waals surface area contributed by atoms with Gasteiger partial charge in [0.1, 0.15) is 11.6 Å². The summed E-state index contributed by atoms with van der Waals surface area (Å²) in [6.07, 6.45) is 5.81. The summed E-state index contributed by atoms with van der Waals surface area (Å²) in [6.45, 7) is 1.91. The molecule has 3 aromatic rings. The summed E-state index contributed by atoms with van der Waals surface area (Å²) in [4.78, 5) is 7.95. The highest BCUT2D eigenvalue weighted by molar-refractivity contribution is 5.87. The number of aryl methyl sites for hydroxylation is 1. The second kappa shape index (κ2) is 7.93. The molecule has 0 atom stereocenters. The van der Waals surface area contributed by atoms with E-state index in [9.17, 15) is 13.2 Å². The third-order valence-corrected chi connectivity index (χ3v) is 5.40. The van der Waals surface area contributed by atoms with E-state index in [1.54, 1.807) is 12.1 Å². The maximum absolute atomic E-state index is 12.8. The van der Waals surface area contributed by atoms with Crippen LogP contribution in [-0.4, -0.2) is 16.3 Å². The van der Waals surface area contributed by atoms with Crippen LogP contribution in [0.25, 0.3) is 28.2 Å². The number of rotatable bonds is 4. The zero-order valence-electron chi connectivity index (χ0n) is 16.2. The summed E-state index contributed by atoms with van der Waals surface area (Å²) in [5.74, 6) is 1.15. The molecule has 0 aliphatic heterocycles. The number of nitrogens with one attached hydrogen (secondary N) is 1. The Hall–Kier alpha value is -2.76. The molecule has 1 aliphatic carbocycles. The first-order valence-corrected chi connectivity index (χ1v) is 9.93. The SMILES string of the molecule is Cc1cc(-c2ccccc2OC(F)(F)F)cc2[nH]c(/C=C/C3CCCCC3)nc12. The molecule has 1 aliphatic rings. The summed E-state index contributed by atoms with van der Waals surface area (Å²) in [5.41, 5.74) is 3.56. The lowest BCUT2D eigenvalue weighted by Crippen LogP contribution is -2.17. The molecule has 1 saturated carbocycles. The zero-order valence-corrected chi connectivity index (χ0v) is 16.2. The van der Waals surface area contributed by atoms with E-state index in [-0.39, 0.29) is 5.75 Å². The van der Waals surface area contributed by atoms with E-state index >= 15 is 0 Å². The average molecular weight is 400 g/mol. The van der Waals surface area contributed by atoms with Gasteiger partial charge in [0, 0.05) is 5.56 Å². The highest BCUT2D eigenvalue weighted by Gasteiger charge is 2.32. The average Bonchev–Trinajstić information content (AvgIpc) is 3.10. The predicted molar refractivity (Wildman–Crippen MR) is 109 cm³/mol. The van der Waals surface area contributed by atoms with Gasteiger partial charge in [-0.2, -0.15) is 0 Å². The summed E-state index contributed by atoms with van der Waals surface area (Å²) in [6, 6.07) is 9.85. The van der Waals surface area contributed by atoms with Crippen LogP contribution < -0.4 is 4.74 Å². The number of benzene rings is 2. The first-order valence-electron chi connectivity index (χ1n) is 9.93. The van der Waals surface area contributed by atoms with Gasteiger partial charge in [-0.3, -0.25) is 0 Å². The smallest absolute Gasteiger partial charge is 0.405 e. The van der Waals surface area contributed by atoms with Crippen LogP contribution in [-0.2, 0) is 0 Å². The number of hydrogen-bond acceptors (Lipinski definition) is 2. The van der Waals surface area contributed by atoms with Gasteiger partial charge in [0.05, 0.1) is 11.0 Å². The Morgan fingerprint density at radius 1 is 1.10 bits per heavy atom. The summed E-state index contributed by atoms with van der Waals surface area (Å²) < 4.78 is 42.5. The van der Waals surface area contributed by atoms with Gasteiger partial charge in [-0.1, -0.05) is 43.5 Å². The van der Waals surface area contributed by atoms with Crippen LogP contribution in [0.5, 0.6) is 5.75 Å². The molecule has 2 aromatic carbocycles. The van der Waals surface area contributed by atoms with E-state index in [4.69, 9.17) is 0 Å². The molecule has 6 heteroatoms. The fourth-order valence-electron chi connectivity index (χ4n) is 4.02. The van der Waals surface area contributed by atoms with Crippen molar-refractivity contribution in [3.8, 4) is 16.9 Å². The molecule has 0 saturated heterocycles. The van der Waals surface area contributed by atoms with E-state index in [1.807, 2.05) is 25.1 Å². The molecule has 1 N–H and O–H groups in total. The number of para-hydroxylation sites is 1. The molecule has 0 unspecified atom stereocenters. The van der Waals surface area contributed by atoms with Crippen molar-refractivity contribution in [1.82, 2.24) is 9.97 Å². The van der Waals surface area contributed by atoms with Crippen LogP contribution in [0.2, 0.25) is 0 Å². The number of ether oxygens (including phenoxy) is 1. The molecule has 0 amide bonds. The molecule has 0 spiro atoms. The number of halogens is 3. The Labute approximate surface area is 167 Å². The lowest BCUT2D eigenvalue weighted by molar-refractivity contribution is -0.274. The van der Waals surface area contributed by atoms with Crippen molar-refractivity contribution in [3.63, 3.8) is 0 Å². The van der Waals surface area contributed by atoms with Crippen LogP contribution in [0, 0.1) is 12.8 Å². The van der Waals surface area contributed by atoms with Gasteiger partial charge in [0.25, 0.3) is 0 Å². The minimum Gasteiger partial charge on any atom is -0.405 e. The Bertz CT molecular complexity index is 1030. The number of fused-ring (bicyclic) bond motifs is 1. The Morgan fingerprint density at radius 3 is 2.62 bits per heavy atom. The highest BCUT2D eigenvalue weighted by Crippen LogP contribution is 2.36. The highest BCUT2D eigenvalue weighted by atomic mass is 19.4. The first kappa shape index (κ1) is 19.6. The van der Waals surface area contributed by atoms with Crippen molar-refractivity contribution in [3.05, 3.63) is 53.9 Å². The number of nitrogens with zero attached hydrogens (tertiary/aromatic N) is 1. The van der Waals surface area contributed by atoms with Crippen LogP contribution in [0.1, 0.15) is 43.5 Å². The van der Waals surface area contributed by atoms with Gasteiger partial charge in [0.15, 0.2) is 0 Å². The number of allylic oxidation sites excluding steroid dienone is 1. The quantitative estimate of drug-likeness (QED) is 0.510. The minimum atomic E-state index is -4.74. The first-order chi connectivity index (χ1) is 13.9. The number of aromatic nitrogens is 2. The topological polar surface area (TPSA) is 37.9 Å². The molecule has 3 nitrogen and oxygen atoms in total. The number of aromatic amines is 1. The molecule has 29 heavy (non-hydrogen) atoms. The van der Waals surface area contributed by atoms with Crippen LogP contribution in [0.15, 0.2) is 42.5 Å². The molecule has 152 valence electrons. The molecule has 4 rings (SSSR count). The van der Waals surface area contributed by atoms with Crippen molar-refractivity contribution in [1.29, 1.82) is 0 Å². The molecular weight excluding hydrogens is 377 g/mol. The normalized spacial score (nSPS) is 16.0. The molecule has 0 radical (unpaired) electrons. The lowest BCUT2D eigenvalue weighted by Gasteiger charge is -2.17. The van der Waals surface area contributed by atoms with Gasteiger partial charge in [-0.15, -0.1) is 13.2 Å². The van der Waals surface area contributed by atoms with Crippen molar-refractivity contribution < 1.29 is 17.9 Å².